The van der Waals surface area contributed by atoms with E-state index in [9.17, 15) is 4.79 Å². The monoisotopic (exact) mass is 260 g/mol. The maximum atomic E-state index is 12.3. The molecular formula is C14H20N4O. The van der Waals surface area contributed by atoms with Gasteiger partial charge in [-0.05, 0) is 31.6 Å². The highest BCUT2D eigenvalue weighted by Crippen LogP contribution is 2.23. The third-order valence-electron chi connectivity index (χ3n) is 3.87. The summed E-state index contributed by atoms with van der Waals surface area (Å²) in [6.45, 7) is 3.91. The van der Waals surface area contributed by atoms with Crippen LogP contribution in [0.3, 0.4) is 0 Å². The van der Waals surface area contributed by atoms with Crippen LogP contribution in [0, 0.1) is 5.92 Å². The van der Waals surface area contributed by atoms with E-state index in [0.717, 1.165) is 37.7 Å². The second kappa shape index (κ2) is 5.15. The van der Waals surface area contributed by atoms with Crippen LogP contribution >= 0.6 is 0 Å². The Kier molecular flexibility index (Phi) is 3.36. The minimum atomic E-state index is 0.0115. The van der Waals surface area contributed by atoms with Crippen LogP contribution in [0.15, 0.2) is 12.4 Å². The molecule has 0 radical (unpaired) electrons. The fourth-order valence-electron chi connectivity index (χ4n) is 2.32. The average Bonchev–Trinajstić information content (AvgIpc) is 3.24. The quantitative estimate of drug-likeness (QED) is 0.902. The van der Waals surface area contributed by atoms with Gasteiger partial charge in [0, 0.05) is 19.1 Å². The lowest BCUT2D eigenvalue weighted by atomic mass is 9.99. The smallest absolute Gasteiger partial charge is 0.274 e. The summed E-state index contributed by atoms with van der Waals surface area (Å²) in [5, 5.41) is 3.27. The summed E-state index contributed by atoms with van der Waals surface area (Å²) in [4.78, 5) is 22.6. The molecule has 0 spiro atoms. The summed E-state index contributed by atoms with van der Waals surface area (Å²) in [6, 6.07) is 0.555. The molecule has 5 heteroatoms. The highest BCUT2D eigenvalue weighted by atomic mass is 16.2. The number of nitrogens with zero attached hydrogens (tertiary/aromatic N) is 3. The van der Waals surface area contributed by atoms with Gasteiger partial charge in [-0.1, -0.05) is 6.92 Å². The van der Waals surface area contributed by atoms with Gasteiger partial charge in [-0.25, -0.2) is 9.97 Å². The summed E-state index contributed by atoms with van der Waals surface area (Å²) in [5.41, 5.74) is 0.455. The fraction of sp³-hybridized carbons (Fsp3) is 0.643. The minimum Gasteiger partial charge on any atom is -0.366 e. The van der Waals surface area contributed by atoms with Gasteiger partial charge in [0.05, 0.1) is 12.4 Å². The molecule has 1 amide bonds. The Labute approximate surface area is 113 Å². The van der Waals surface area contributed by atoms with E-state index in [1.807, 2.05) is 4.90 Å². The van der Waals surface area contributed by atoms with Crippen molar-refractivity contribution in [2.75, 3.05) is 18.4 Å². The Balaban J connectivity index is 1.62. The lowest BCUT2D eigenvalue weighted by Crippen LogP contribution is -2.38. The molecule has 1 aliphatic carbocycles. The summed E-state index contributed by atoms with van der Waals surface area (Å²) >= 11 is 0. The van der Waals surface area contributed by atoms with Gasteiger partial charge in [0.15, 0.2) is 0 Å². The highest BCUT2D eigenvalue weighted by Gasteiger charge is 2.24. The molecule has 5 nitrogen and oxygen atoms in total. The number of anilines is 1. The van der Waals surface area contributed by atoms with E-state index >= 15 is 0 Å². The lowest BCUT2D eigenvalue weighted by Gasteiger charge is -2.29. The third kappa shape index (κ3) is 3.03. The summed E-state index contributed by atoms with van der Waals surface area (Å²) in [5.74, 6) is 1.50. The Bertz CT molecular complexity index is 447. The Morgan fingerprint density at radius 3 is 2.53 bits per heavy atom. The van der Waals surface area contributed by atoms with Crippen LogP contribution < -0.4 is 5.32 Å². The first-order valence-electron chi connectivity index (χ1n) is 7.10. The molecule has 1 aromatic rings. The normalized spacial score (nSPS) is 20.4. The topological polar surface area (TPSA) is 58.1 Å². The molecule has 2 aliphatic rings. The molecule has 1 saturated heterocycles. The van der Waals surface area contributed by atoms with Gasteiger partial charge in [0.2, 0.25) is 0 Å². The Morgan fingerprint density at radius 1 is 1.21 bits per heavy atom. The first-order valence-corrected chi connectivity index (χ1v) is 7.10. The van der Waals surface area contributed by atoms with Crippen LogP contribution in [0.4, 0.5) is 5.82 Å². The standard InChI is InChI=1S/C14H20N4O/c1-10-4-6-18(7-5-10)14(19)12-8-16-13(9-15-12)17-11-2-3-11/h8-11H,2-7H2,1H3,(H,16,17). The van der Waals surface area contributed by atoms with E-state index in [0.29, 0.717) is 11.7 Å². The van der Waals surface area contributed by atoms with Crippen molar-refractivity contribution in [1.82, 2.24) is 14.9 Å². The van der Waals surface area contributed by atoms with Crippen LogP contribution in [0.25, 0.3) is 0 Å². The van der Waals surface area contributed by atoms with Gasteiger partial charge < -0.3 is 10.2 Å². The number of amides is 1. The average molecular weight is 260 g/mol. The van der Waals surface area contributed by atoms with Gasteiger partial charge in [-0.2, -0.15) is 0 Å². The largest absolute Gasteiger partial charge is 0.366 e. The van der Waals surface area contributed by atoms with Crippen molar-refractivity contribution in [3.63, 3.8) is 0 Å². The zero-order valence-corrected chi connectivity index (χ0v) is 11.3. The molecule has 0 aromatic carbocycles. The van der Waals surface area contributed by atoms with Gasteiger partial charge in [-0.15, -0.1) is 0 Å². The molecule has 0 bridgehead atoms. The molecule has 3 rings (SSSR count). The van der Waals surface area contributed by atoms with E-state index in [-0.39, 0.29) is 5.91 Å². The molecule has 1 aromatic heterocycles. The zero-order valence-electron chi connectivity index (χ0n) is 11.3. The SMILES string of the molecule is CC1CCN(C(=O)c2cnc(NC3CC3)cn2)CC1. The van der Waals surface area contributed by atoms with Crippen LogP contribution in [0.2, 0.25) is 0 Å². The van der Waals surface area contributed by atoms with Gasteiger partial charge >= 0.3 is 0 Å². The fourth-order valence-corrected chi connectivity index (χ4v) is 2.32. The molecule has 102 valence electrons. The first-order chi connectivity index (χ1) is 9.22. The third-order valence-corrected chi connectivity index (χ3v) is 3.87. The number of carbonyl (C=O) groups is 1. The number of piperidine rings is 1. The summed E-state index contributed by atoms with van der Waals surface area (Å²) < 4.78 is 0. The first kappa shape index (κ1) is 12.4. The van der Waals surface area contributed by atoms with Crippen LogP contribution in [0.1, 0.15) is 43.1 Å². The molecule has 0 unspecified atom stereocenters. The maximum absolute atomic E-state index is 12.3. The highest BCUT2D eigenvalue weighted by molar-refractivity contribution is 5.92. The lowest BCUT2D eigenvalue weighted by molar-refractivity contribution is 0.0691. The van der Waals surface area contributed by atoms with Crippen LogP contribution in [-0.4, -0.2) is 39.9 Å². The number of likely N-dealkylation sites (tertiary alicyclic amines) is 1. The number of aromatic nitrogens is 2. The second-order valence-electron chi connectivity index (χ2n) is 5.68. The molecule has 2 fully saturated rings. The second-order valence-corrected chi connectivity index (χ2v) is 5.68. The van der Waals surface area contributed by atoms with E-state index in [2.05, 4.69) is 22.2 Å². The van der Waals surface area contributed by atoms with Crippen molar-refractivity contribution in [2.45, 2.75) is 38.6 Å². The zero-order chi connectivity index (χ0) is 13.2. The molecule has 1 aliphatic heterocycles. The predicted molar refractivity (Wildman–Crippen MR) is 73.0 cm³/mol. The van der Waals surface area contributed by atoms with Gasteiger partial charge in [0.1, 0.15) is 11.5 Å². The Morgan fingerprint density at radius 2 is 1.95 bits per heavy atom. The van der Waals surface area contributed by atoms with Crippen LogP contribution in [0.5, 0.6) is 0 Å². The van der Waals surface area contributed by atoms with Crippen molar-refractivity contribution < 1.29 is 4.79 Å². The van der Waals surface area contributed by atoms with E-state index in [1.54, 1.807) is 12.4 Å². The molecular weight excluding hydrogens is 240 g/mol. The molecule has 0 atom stereocenters. The summed E-state index contributed by atoms with van der Waals surface area (Å²) in [7, 11) is 0. The maximum Gasteiger partial charge on any atom is 0.274 e. The van der Waals surface area contributed by atoms with Crippen LogP contribution in [-0.2, 0) is 0 Å². The van der Waals surface area contributed by atoms with E-state index < -0.39 is 0 Å². The van der Waals surface area contributed by atoms with E-state index in [1.165, 1.54) is 12.8 Å². The number of hydrogen-bond donors (Lipinski definition) is 1. The number of carbonyl (C=O) groups excluding carboxylic acids is 1. The predicted octanol–water partition coefficient (Wildman–Crippen LogP) is 1.92. The number of hydrogen-bond acceptors (Lipinski definition) is 4. The number of nitrogens with one attached hydrogen (secondary N) is 1. The molecule has 1 saturated carbocycles. The van der Waals surface area contributed by atoms with Crippen molar-refractivity contribution in [3.8, 4) is 0 Å². The van der Waals surface area contributed by atoms with Crippen molar-refractivity contribution in [1.29, 1.82) is 0 Å². The molecule has 2 heterocycles. The van der Waals surface area contributed by atoms with E-state index in [4.69, 9.17) is 0 Å². The van der Waals surface area contributed by atoms with Crippen molar-refractivity contribution in [2.24, 2.45) is 5.92 Å². The van der Waals surface area contributed by atoms with Crippen molar-refractivity contribution >= 4 is 11.7 Å². The van der Waals surface area contributed by atoms with Gasteiger partial charge in [-0.3, -0.25) is 4.79 Å². The van der Waals surface area contributed by atoms with Crippen molar-refractivity contribution in [3.05, 3.63) is 18.1 Å². The summed E-state index contributed by atoms with van der Waals surface area (Å²) in [6.07, 6.45) is 7.83. The Hall–Kier alpha value is -1.65. The van der Waals surface area contributed by atoms with Gasteiger partial charge in [0.25, 0.3) is 5.91 Å². The molecule has 1 N–H and O–H groups in total. The molecule has 19 heavy (non-hydrogen) atoms. The number of rotatable bonds is 3. The minimum absolute atomic E-state index is 0.0115.